The predicted molar refractivity (Wildman–Crippen MR) is 82.7 cm³/mol. The Morgan fingerprint density at radius 2 is 1.65 bits per heavy atom. The van der Waals surface area contributed by atoms with Crippen LogP contribution in [0, 0.1) is 0 Å². The fourth-order valence-electron chi connectivity index (χ4n) is 2.56. The second kappa shape index (κ2) is 6.98. The van der Waals surface area contributed by atoms with E-state index in [0.717, 1.165) is 44.1 Å². The summed E-state index contributed by atoms with van der Waals surface area (Å²) >= 11 is 0. The first-order chi connectivity index (χ1) is 9.67. The van der Waals surface area contributed by atoms with E-state index in [1.165, 1.54) is 11.1 Å². The Kier molecular flexibility index (Phi) is 5.30. The zero-order chi connectivity index (χ0) is 14.5. The van der Waals surface area contributed by atoms with Gasteiger partial charge in [-0.3, -0.25) is 0 Å². The number of benzene rings is 1. The molecule has 0 aliphatic carbocycles. The summed E-state index contributed by atoms with van der Waals surface area (Å²) in [7, 11) is 0. The third kappa shape index (κ3) is 3.26. The third-order valence-electron chi connectivity index (χ3n) is 3.98. The van der Waals surface area contributed by atoms with Crippen LogP contribution < -0.4 is 14.8 Å². The van der Waals surface area contributed by atoms with Crippen molar-refractivity contribution in [3.63, 3.8) is 0 Å². The van der Waals surface area contributed by atoms with Crippen LogP contribution in [0.2, 0.25) is 0 Å². The van der Waals surface area contributed by atoms with E-state index in [2.05, 4.69) is 45.1 Å². The van der Waals surface area contributed by atoms with Crippen LogP contribution in [0.3, 0.4) is 0 Å². The van der Waals surface area contributed by atoms with Gasteiger partial charge < -0.3 is 14.8 Å². The van der Waals surface area contributed by atoms with Gasteiger partial charge >= 0.3 is 0 Å². The Bertz CT molecular complexity index is 445. The van der Waals surface area contributed by atoms with Crippen LogP contribution >= 0.6 is 0 Å². The van der Waals surface area contributed by atoms with E-state index in [1.807, 2.05) is 0 Å². The molecule has 1 aliphatic rings. The number of rotatable bonds is 6. The number of ether oxygens (including phenoxy) is 2. The van der Waals surface area contributed by atoms with Gasteiger partial charge in [0.05, 0.1) is 13.2 Å². The van der Waals surface area contributed by atoms with E-state index < -0.39 is 0 Å². The van der Waals surface area contributed by atoms with E-state index in [9.17, 15) is 0 Å². The summed E-state index contributed by atoms with van der Waals surface area (Å²) < 4.78 is 11.7. The van der Waals surface area contributed by atoms with Gasteiger partial charge in [0.25, 0.3) is 0 Å². The Balaban J connectivity index is 2.31. The summed E-state index contributed by atoms with van der Waals surface area (Å²) in [5.74, 6) is 2.30. The smallest absolute Gasteiger partial charge is 0.161 e. The highest BCUT2D eigenvalue weighted by Gasteiger charge is 2.24. The fourth-order valence-corrected chi connectivity index (χ4v) is 2.56. The van der Waals surface area contributed by atoms with Crippen molar-refractivity contribution in [2.75, 3.05) is 13.2 Å². The highest BCUT2D eigenvalue weighted by Crippen LogP contribution is 2.37. The molecule has 0 fully saturated rings. The van der Waals surface area contributed by atoms with Gasteiger partial charge in [-0.25, -0.2) is 0 Å². The molecule has 1 aliphatic heterocycles. The van der Waals surface area contributed by atoms with Crippen LogP contribution in [0.25, 0.3) is 0 Å². The lowest BCUT2D eigenvalue weighted by Crippen LogP contribution is -2.35. The number of hydrogen-bond acceptors (Lipinski definition) is 3. The minimum Gasteiger partial charge on any atom is -0.490 e. The van der Waals surface area contributed by atoms with Gasteiger partial charge in [0.1, 0.15) is 0 Å². The summed E-state index contributed by atoms with van der Waals surface area (Å²) in [6.45, 7) is 11.1. The molecule has 112 valence electrons. The Labute approximate surface area is 122 Å². The molecular weight excluding hydrogens is 250 g/mol. The molecule has 2 rings (SSSR count). The molecular formula is C17H27NO2. The monoisotopic (exact) mass is 277 g/mol. The second-order valence-electron chi connectivity index (χ2n) is 5.65. The average molecular weight is 277 g/mol. The van der Waals surface area contributed by atoms with Crippen molar-refractivity contribution in [1.29, 1.82) is 0 Å². The van der Waals surface area contributed by atoms with Crippen LogP contribution in [-0.4, -0.2) is 19.3 Å². The molecule has 0 bridgehead atoms. The summed E-state index contributed by atoms with van der Waals surface area (Å²) in [6.07, 6.45) is 2.02. The SMILES string of the molecule is CCCOc1cc2c(cc1OCCC)C(C)C(C)NC2. The number of hydrogen-bond donors (Lipinski definition) is 1. The molecule has 0 radical (unpaired) electrons. The van der Waals surface area contributed by atoms with Crippen LogP contribution in [0.4, 0.5) is 0 Å². The first-order valence-corrected chi connectivity index (χ1v) is 7.83. The zero-order valence-electron chi connectivity index (χ0n) is 13.2. The molecule has 1 aromatic rings. The molecule has 0 saturated heterocycles. The molecule has 20 heavy (non-hydrogen) atoms. The molecule has 1 heterocycles. The Morgan fingerprint density at radius 1 is 1.05 bits per heavy atom. The first-order valence-electron chi connectivity index (χ1n) is 7.83. The summed E-state index contributed by atoms with van der Waals surface area (Å²) in [6, 6.07) is 4.85. The lowest BCUT2D eigenvalue weighted by Gasteiger charge is -2.31. The van der Waals surface area contributed by atoms with Gasteiger partial charge in [-0.2, -0.15) is 0 Å². The van der Waals surface area contributed by atoms with Crippen LogP contribution in [-0.2, 0) is 6.54 Å². The second-order valence-corrected chi connectivity index (χ2v) is 5.65. The first kappa shape index (κ1) is 15.2. The van der Waals surface area contributed by atoms with Crippen LogP contribution in [0.1, 0.15) is 57.6 Å². The fraction of sp³-hybridized carbons (Fsp3) is 0.647. The normalized spacial score (nSPS) is 21.4. The van der Waals surface area contributed by atoms with Gasteiger partial charge in [-0.1, -0.05) is 20.8 Å². The maximum absolute atomic E-state index is 5.89. The molecule has 2 unspecified atom stereocenters. The van der Waals surface area contributed by atoms with Gasteiger partial charge in [-0.05, 0) is 48.9 Å². The van der Waals surface area contributed by atoms with Crippen LogP contribution in [0.5, 0.6) is 11.5 Å². The summed E-state index contributed by atoms with van der Waals surface area (Å²) in [5, 5.41) is 3.54. The summed E-state index contributed by atoms with van der Waals surface area (Å²) in [5.41, 5.74) is 2.73. The highest BCUT2D eigenvalue weighted by molar-refractivity contribution is 5.49. The molecule has 0 aromatic heterocycles. The lowest BCUT2D eigenvalue weighted by molar-refractivity contribution is 0.267. The van der Waals surface area contributed by atoms with Gasteiger partial charge in [0, 0.05) is 12.6 Å². The van der Waals surface area contributed by atoms with Crippen molar-refractivity contribution in [3.05, 3.63) is 23.3 Å². The van der Waals surface area contributed by atoms with E-state index in [1.54, 1.807) is 0 Å². The zero-order valence-corrected chi connectivity index (χ0v) is 13.2. The summed E-state index contributed by atoms with van der Waals surface area (Å²) in [4.78, 5) is 0. The van der Waals surface area contributed by atoms with Crippen molar-refractivity contribution < 1.29 is 9.47 Å². The molecule has 0 spiro atoms. The van der Waals surface area contributed by atoms with E-state index in [-0.39, 0.29) is 0 Å². The molecule has 0 amide bonds. The largest absolute Gasteiger partial charge is 0.490 e. The molecule has 2 atom stereocenters. The molecule has 1 N–H and O–H groups in total. The molecule has 3 heteroatoms. The van der Waals surface area contributed by atoms with Gasteiger partial charge in [0.15, 0.2) is 11.5 Å². The Morgan fingerprint density at radius 3 is 2.25 bits per heavy atom. The van der Waals surface area contributed by atoms with Crippen LogP contribution in [0.15, 0.2) is 12.1 Å². The van der Waals surface area contributed by atoms with E-state index >= 15 is 0 Å². The lowest BCUT2D eigenvalue weighted by atomic mass is 9.86. The Hall–Kier alpha value is -1.22. The third-order valence-corrected chi connectivity index (χ3v) is 3.98. The van der Waals surface area contributed by atoms with Gasteiger partial charge in [-0.15, -0.1) is 0 Å². The maximum Gasteiger partial charge on any atom is 0.161 e. The van der Waals surface area contributed by atoms with Crippen molar-refractivity contribution >= 4 is 0 Å². The molecule has 0 saturated carbocycles. The van der Waals surface area contributed by atoms with Crippen molar-refractivity contribution in [2.24, 2.45) is 0 Å². The molecule has 1 aromatic carbocycles. The van der Waals surface area contributed by atoms with E-state index in [4.69, 9.17) is 9.47 Å². The highest BCUT2D eigenvalue weighted by atomic mass is 16.5. The van der Waals surface area contributed by atoms with Crippen molar-refractivity contribution in [3.8, 4) is 11.5 Å². The average Bonchev–Trinajstić information content (AvgIpc) is 2.47. The maximum atomic E-state index is 5.89. The van der Waals surface area contributed by atoms with Crippen molar-refractivity contribution in [2.45, 2.75) is 59.0 Å². The quantitative estimate of drug-likeness (QED) is 0.856. The predicted octanol–water partition coefficient (Wildman–Crippen LogP) is 3.86. The van der Waals surface area contributed by atoms with Crippen molar-refractivity contribution in [1.82, 2.24) is 5.32 Å². The standard InChI is InChI=1S/C17H27NO2/c1-5-7-19-16-9-14-11-18-13(4)12(3)15(14)10-17(16)20-8-6-2/h9-10,12-13,18H,5-8,11H2,1-4H3. The van der Waals surface area contributed by atoms with Gasteiger partial charge in [0.2, 0.25) is 0 Å². The number of nitrogens with one attached hydrogen (secondary N) is 1. The topological polar surface area (TPSA) is 30.5 Å². The molecule has 3 nitrogen and oxygen atoms in total. The minimum absolute atomic E-state index is 0.503. The number of fused-ring (bicyclic) bond motifs is 1. The van der Waals surface area contributed by atoms with E-state index in [0.29, 0.717) is 12.0 Å². The minimum atomic E-state index is 0.503.